The van der Waals surface area contributed by atoms with Crippen molar-refractivity contribution in [2.75, 3.05) is 5.75 Å². The Kier molecular flexibility index (Phi) is 7.29. The second-order valence-electron chi connectivity index (χ2n) is 9.34. The molecule has 5 nitrogen and oxygen atoms in total. The van der Waals surface area contributed by atoms with Gasteiger partial charge in [0.15, 0.2) is 0 Å². The van der Waals surface area contributed by atoms with Crippen LogP contribution in [0.2, 0.25) is 5.02 Å². The first kappa shape index (κ1) is 24.3. The molecule has 2 amide bonds. The molecule has 2 unspecified atom stereocenters. The summed E-state index contributed by atoms with van der Waals surface area (Å²) in [7, 11) is 0. The summed E-state index contributed by atoms with van der Waals surface area (Å²) in [6.07, 6.45) is 3.38. The fourth-order valence-corrected chi connectivity index (χ4v) is 5.59. The monoisotopic (exact) mass is 493 g/mol. The highest BCUT2D eigenvalue weighted by molar-refractivity contribution is 7.99. The van der Waals surface area contributed by atoms with Gasteiger partial charge in [0.1, 0.15) is 11.4 Å². The zero-order valence-corrected chi connectivity index (χ0v) is 21.1. The smallest absolute Gasteiger partial charge is 0.257 e. The Morgan fingerprint density at radius 2 is 1.74 bits per heavy atom. The molecule has 176 valence electrons. The van der Waals surface area contributed by atoms with E-state index in [2.05, 4.69) is 55.3 Å². The van der Waals surface area contributed by atoms with Crippen LogP contribution in [-0.2, 0) is 16.8 Å². The highest BCUT2D eigenvalue weighted by Gasteiger charge is 2.43. The lowest BCUT2D eigenvalue weighted by Crippen LogP contribution is -2.47. The Morgan fingerprint density at radius 3 is 2.38 bits per heavy atom. The van der Waals surface area contributed by atoms with E-state index in [4.69, 9.17) is 11.6 Å². The number of carbonyl (C=O) groups excluding carboxylic acids is 2. The molecular weight excluding hydrogens is 466 g/mol. The summed E-state index contributed by atoms with van der Waals surface area (Å²) in [6.45, 7) is 6.88. The Morgan fingerprint density at radius 1 is 1.06 bits per heavy atom. The van der Waals surface area contributed by atoms with Gasteiger partial charge in [0.2, 0.25) is 5.91 Å². The molecule has 1 fully saturated rings. The van der Waals surface area contributed by atoms with E-state index in [1.807, 2.05) is 12.1 Å². The largest absolute Gasteiger partial charge is 0.350 e. The van der Waals surface area contributed by atoms with Gasteiger partial charge in [0, 0.05) is 24.7 Å². The fraction of sp³-hybridized carbons (Fsp3) is 0.296. The molecule has 0 aliphatic carbocycles. The zero-order chi connectivity index (χ0) is 24.3. The van der Waals surface area contributed by atoms with Crippen molar-refractivity contribution in [3.63, 3.8) is 0 Å². The van der Waals surface area contributed by atoms with Crippen LogP contribution in [0.5, 0.6) is 0 Å². The van der Waals surface area contributed by atoms with E-state index in [0.717, 1.165) is 11.1 Å². The van der Waals surface area contributed by atoms with Crippen molar-refractivity contribution in [3.05, 3.63) is 100 Å². The second-order valence-corrected chi connectivity index (χ2v) is 10.9. The first-order valence-corrected chi connectivity index (χ1v) is 12.6. The summed E-state index contributed by atoms with van der Waals surface area (Å²) < 4.78 is 0. The van der Waals surface area contributed by atoms with Crippen molar-refractivity contribution in [2.24, 2.45) is 0 Å². The summed E-state index contributed by atoms with van der Waals surface area (Å²) in [6, 6.07) is 18.4. The number of aromatic nitrogens is 1. The molecule has 0 bridgehead atoms. The van der Waals surface area contributed by atoms with Gasteiger partial charge in [0.25, 0.3) is 5.91 Å². The molecule has 4 rings (SSSR count). The van der Waals surface area contributed by atoms with E-state index < -0.39 is 6.04 Å². The third-order valence-electron chi connectivity index (χ3n) is 5.92. The predicted molar refractivity (Wildman–Crippen MR) is 138 cm³/mol. The van der Waals surface area contributed by atoms with Crippen molar-refractivity contribution in [1.29, 1.82) is 0 Å². The molecule has 1 saturated heterocycles. The maximum atomic E-state index is 13.7. The molecule has 1 aliphatic rings. The van der Waals surface area contributed by atoms with Gasteiger partial charge in [0.05, 0.1) is 10.6 Å². The van der Waals surface area contributed by atoms with Crippen molar-refractivity contribution < 1.29 is 9.59 Å². The van der Waals surface area contributed by atoms with Crippen LogP contribution < -0.4 is 5.32 Å². The lowest BCUT2D eigenvalue weighted by molar-refractivity contribution is -0.125. The number of rotatable bonds is 5. The van der Waals surface area contributed by atoms with Crippen LogP contribution in [0.1, 0.15) is 53.2 Å². The van der Waals surface area contributed by atoms with Gasteiger partial charge in [-0.3, -0.25) is 14.6 Å². The van der Waals surface area contributed by atoms with Crippen molar-refractivity contribution in [3.8, 4) is 0 Å². The molecule has 2 atom stereocenters. The predicted octanol–water partition coefficient (Wildman–Crippen LogP) is 5.61. The molecule has 2 heterocycles. The average molecular weight is 494 g/mol. The number of hydrogen-bond donors (Lipinski definition) is 1. The molecule has 0 spiro atoms. The highest BCUT2D eigenvalue weighted by Crippen LogP contribution is 2.43. The first-order chi connectivity index (χ1) is 16.3. The molecule has 7 heteroatoms. The van der Waals surface area contributed by atoms with Gasteiger partial charge in [-0.05, 0) is 46.4 Å². The summed E-state index contributed by atoms with van der Waals surface area (Å²) in [5.41, 5.74) is 3.59. The van der Waals surface area contributed by atoms with Gasteiger partial charge in [-0.2, -0.15) is 0 Å². The topological polar surface area (TPSA) is 62.3 Å². The number of nitrogens with zero attached hydrogens (tertiary/aromatic N) is 2. The van der Waals surface area contributed by atoms with Gasteiger partial charge in [-0.15, -0.1) is 11.8 Å². The van der Waals surface area contributed by atoms with E-state index in [-0.39, 0.29) is 22.6 Å². The molecule has 3 aromatic rings. The standard InChI is InChI=1S/C27H28ClN3O2S/c1-27(2,3)20-10-8-19(9-11-20)26-31(25(33)21-6-4-5-7-22(21)28)23(17-34-26)24(32)30-16-18-12-14-29-15-13-18/h4-15,23,26H,16-17H2,1-3H3,(H,30,32). The van der Waals surface area contributed by atoms with Crippen LogP contribution >= 0.6 is 23.4 Å². The van der Waals surface area contributed by atoms with Crippen molar-refractivity contribution in [1.82, 2.24) is 15.2 Å². The minimum atomic E-state index is -0.608. The van der Waals surface area contributed by atoms with Crippen LogP contribution in [0.25, 0.3) is 0 Å². The summed E-state index contributed by atoms with van der Waals surface area (Å²) in [4.78, 5) is 32.6. The second kappa shape index (κ2) is 10.2. The lowest BCUT2D eigenvalue weighted by atomic mass is 9.86. The Bertz CT molecular complexity index is 1160. The van der Waals surface area contributed by atoms with Crippen LogP contribution in [-0.4, -0.2) is 33.5 Å². The third-order valence-corrected chi connectivity index (χ3v) is 7.57. The average Bonchev–Trinajstić information content (AvgIpc) is 3.28. The van der Waals surface area contributed by atoms with Crippen LogP contribution in [0.3, 0.4) is 0 Å². The third kappa shape index (κ3) is 5.29. The summed E-state index contributed by atoms with van der Waals surface area (Å²) >= 11 is 7.96. The van der Waals surface area contributed by atoms with E-state index in [9.17, 15) is 9.59 Å². The zero-order valence-electron chi connectivity index (χ0n) is 19.5. The number of pyridine rings is 1. The SMILES string of the molecule is CC(C)(C)c1ccc(C2SCC(C(=O)NCc3ccncc3)N2C(=O)c2ccccc2Cl)cc1. The van der Waals surface area contributed by atoms with Gasteiger partial charge in [-0.1, -0.05) is 68.8 Å². The minimum Gasteiger partial charge on any atom is -0.350 e. The maximum Gasteiger partial charge on any atom is 0.257 e. The van der Waals surface area contributed by atoms with E-state index >= 15 is 0 Å². The molecule has 1 aliphatic heterocycles. The van der Waals surface area contributed by atoms with Gasteiger partial charge < -0.3 is 10.2 Å². The Balaban J connectivity index is 1.63. The highest BCUT2D eigenvalue weighted by atomic mass is 35.5. The van der Waals surface area contributed by atoms with Crippen molar-refractivity contribution in [2.45, 2.75) is 44.1 Å². The van der Waals surface area contributed by atoms with Crippen LogP contribution in [0, 0.1) is 0 Å². The number of halogens is 1. The molecule has 34 heavy (non-hydrogen) atoms. The molecule has 1 aromatic heterocycles. The minimum absolute atomic E-state index is 0.0315. The van der Waals surface area contributed by atoms with E-state index in [1.54, 1.807) is 53.3 Å². The summed E-state index contributed by atoms with van der Waals surface area (Å²) in [5, 5.41) is 3.08. The quantitative estimate of drug-likeness (QED) is 0.502. The van der Waals surface area contributed by atoms with E-state index in [0.29, 0.717) is 22.9 Å². The lowest BCUT2D eigenvalue weighted by Gasteiger charge is -2.30. The van der Waals surface area contributed by atoms with E-state index in [1.165, 1.54) is 5.56 Å². The van der Waals surface area contributed by atoms with Gasteiger partial charge >= 0.3 is 0 Å². The number of thioether (sulfide) groups is 1. The molecule has 2 aromatic carbocycles. The Hall–Kier alpha value is -2.83. The normalized spacial score (nSPS) is 18.1. The molecule has 0 radical (unpaired) electrons. The van der Waals surface area contributed by atoms with Crippen LogP contribution in [0.15, 0.2) is 73.1 Å². The Labute approximate surface area is 209 Å². The number of hydrogen-bond acceptors (Lipinski definition) is 4. The van der Waals surface area contributed by atoms with Crippen LogP contribution in [0.4, 0.5) is 0 Å². The number of amides is 2. The number of nitrogens with one attached hydrogen (secondary N) is 1. The number of benzene rings is 2. The number of carbonyl (C=O) groups is 2. The first-order valence-electron chi connectivity index (χ1n) is 11.2. The fourth-order valence-electron chi connectivity index (χ4n) is 3.94. The molecule has 0 saturated carbocycles. The van der Waals surface area contributed by atoms with Gasteiger partial charge in [-0.25, -0.2) is 0 Å². The summed E-state index contributed by atoms with van der Waals surface area (Å²) in [5.74, 6) is 0.0763. The maximum absolute atomic E-state index is 13.7. The molecular formula is C27H28ClN3O2S. The molecule has 1 N–H and O–H groups in total. The van der Waals surface area contributed by atoms with Crippen molar-refractivity contribution >= 4 is 35.2 Å².